The lowest BCUT2D eigenvalue weighted by atomic mass is 10.2. The van der Waals surface area contributed by atoms with Gasteiger partial charge in [0.25, 0.3) is 0 Å². The molecule has 0 saturated carbocycles. The second-order valence-electron chi connectivity index (χ2n) is 3.68. The van der Waals surface area contributed by atoms with Crippen LogP contribution in [0.4, 0.5) is 5.69 Å². The molecule has 18 heavy (non-hydrogen) atoms. The van der Waals surface area contributed by atoms with Crippen LogP contribution < -0.4 is 4.31 Å². The van der Waals surface area contributed by atoms with Crippen molar-refractivity contribution in [2.75, 3.05) is 16.6 Å². The van der Waals surface area contributed by atoms with E-state index in [1.54, 1.807) is 19.1 Å². The number of hydrogen-bond donors (Lipinski definition) is 1. The molecule has 1 aromatic rings. The van der Waals surface area contributed by atoms with E-state index in [1.807, 2.05) is 0 Å². The van der Waals surface area contributed by atoms with Gasteiger partial charge in [-0.3, -0.25) is 9.10 Å². The quantitative estimate of drug-likeness (QED) is 0.899. The molecule has 1 aromatic carbocycles. The van der Waals surface area contributed by atoms with E-state index in [9.17, 15) is 13.2 Å². The average Bonchev–Trinajstić information content (AvgIpc) is 2.30. The maximum absolute atomic E-state index is 11.9. The van der Waals surface area contributed by atoms with Gasteiger partial charge in [-0.2, -0.15) is 0 Å². The van der Waals surface area contributed by atoms with Crippen LogP contribution in [0.1, 0.15) is 12.5 Å². The van der Waals surface area contributed by atoms with Gasteiger partial charge in [-0.1, -0.05) is 17.7 Å². The number of carbonyl (C=O) groups is 1. The van der Waals surface area contributed by atoms with Crippen molar-refractivity contribution in [3.63, 3.8) is 0 Å². The smallest absolute Gasteiger partial charge is 0.324 e. The molecular weight excluding hydrogens is 278 g/mol. The molecule has 100 valence electrons. The summed E-state index contributed by atoms with van der Waals surface area (Å²) in [7, 11) is -3.65. The van der Waals surface area contributed by atoms with Crippen LogP contribution in [0, 0.1) is 6.92 Å². The fourth-order valence-electron chi connectivity index (χ4n) is 1.48. The van der Waals surface area contributed by atoms with Crippen LogP contribution >= 0.6 is 11.6 Å². The third-order valence-electron chi connectivity index (χ3n) is 2.49. The number of rotatable bonds is 5. The van der Waals surface area contributed by atoms with Gasteiger partial charge in [0, 0.05) is 5.02 Å². The molecular formula is C11H14ClNO4S. The fraction of sp³-hybridized carbons (Fsp3) is 0.364. The molecule has 0 aliphatic heterocycles. The molecule has 7 heteroatoms. The molecule has 0 spiro atoms. The van der Waals surface area contributed by atoms with Gasteiger partial charge < -0.3 is 5.11 Å². The number of hydrogen-bond acceptors (Lipinski definition) is 3. The van der Waals surface area contributed by atoms with E-state index in [2.05, 4.69) is 0 Å². The van der Waals surface area contributed by atoms with Crippen molar-refractivity contribution in [3.05, 3.63) is 28.8 Å². The summed E-state index contributed by atoms with van der Waals surface area (Å²) in [5.74, 6) is -1.39. The van der Waals surface area contributed by atoms with Crippen molar-refractivity contribution in [2.24, 2.45) is 0 Å². The Morgan fingerprint density at radius 1 is 1.44 bits per heavy atom. The minimum absolute atomic E-state index is 0.174. The Balaban J connectivity index is 3.35. The van der Waals surface area contributed by atoms with Crippen LogP contribution in [0.3, 0.4) is 0 Å². The maximum Gasteiger partial charge on any atom is 0.324 e. The minimum Gasteiger partial charge on any atom is -0.480 e. The zero-order chi connectivity index (χ0) is 13.9. The summed E-state index contributed by atoms with van der Waals surface area (Å²) in [4.78, 5) is 10.8. The Bertz CT molecular complexity index is 556. The molecule has 0 fully saturated rings. The van der Waals surface area contributed by atoms with Crippen LogP contribution in [0.2, 0.25) is 5.02 Å². The normalized spacial score (nSPS) is 11.3. The molecule has 1 N–H and O–H groups in total. The third kappa shape index (κ3) is 3.14. The Hall–Kier alpha value is -1.27. The van der Waals surface area contributed by atoms with Crippen LogP contribution in [0.5, 0.6) is 0 Å². The van der Waals surface area contributed by atoms with Gasteiger partial charge in [0.15, 0.2) is 0 Å². The highest BCUT2D eigenvalue weighted by Crippen LogP contribution is 2.28. The van der Waals surface area contributed by atoms with E-state index >= 15 is 0 Å². The molecule has 0 radical (unpaired) electrons. The lowest BCUT2D eigenvalue weighted by molar-refractivity contribution is -0.135. The van der Waals surface area contributed by atoms with Crippen LogP contribution in [0.15, 0.2) is 18.2 Å². The number of benzene rings is 1. The Labute approximate surface area is 111 Å². The van der Waals surface area contributed by atoms with Crippen LogP contribution in [-0.2, 0) is 14.8 Å². The van der Waals surface area contributed by atoms with E-state index in [0.717, 1.165) is 4.31 Å². The number of carboxylic acid groups (broad SMARTS) is 1. The molecule has 0 atom stereocenters. The van der Waals surface area contributed by atoms with Crippen molar-refractivity contribution in [1.29, 1.82) is 0 Å². The van der Waals surface area contributed by atoms with Gasteiger partial charge in [0.2, 0.25) is 10.0 Å². The van der Waals surface area contributed by atoms with Crippen LogP contribution in [-0.4, -0.2) is 31.8 Å². The summed E-state index contributed by atoms with van der Waals surface area (Å²) < 4.78 is 24.7. The zero-order valence-corrected chi connectivity index (χ0v) is 11.6. The fourth-order valence-corrected chi connectivity index (χ4v) is 2.76. The van der Waals surface area contributed by atoms with Gasteiger partial charge in [0.1, 0.15) is 6.54 Å². The molecule has 0 amide bonds. The van der Waals surface area contributed by atoms with Crippen LogP contribution in [0.25, 0.3) is 0 Å². The van der Waals surface area contributed by atoms with Crippen molar-refractivity contribution in [2.45, 2.75) is 13.8 Å². The first-order valence-electron chi connectivity index (χ1n) is 5.27. The number of carboxylic acids is 1. The first-order chi connectivity index (χ1) is 8.29. The molecule has 5 nitrogen and oxygen atoms in total. The average molecular weight is 292 g/mol. The molecule has 1 rings (SSSR count). The molecule has 0 saturated heterocycles. The predicted molar refractivity (Wildman–Crippen MR) is 70.6 cm³/mol. The van der Waals surface area contributed by atoms with Crippen molar-refractivity contribution >= 4 is 33.3 Å². The van der Waals surface area contributed by atoms with E-state index < -0.39 is 22.5 Å². The molecule has 0 unspecified atom stereocenters. The zero-order valence-electron chi connectivity index (χ0n) is 10.1. The number of halogens is 1. The second-order valence-corrected chi connectivity index (χ2v) is 6.27. The summed E-state index contributed by atoms with van der Waals surface area (Å²) in [6.45, 7) is 2.50. The highest BCUT2D eigenvalue weighted by atomic mass is 35.5. The number of nitrogens with zero attached hydrogens (tertiary/aromatic N) is 1. The number of sulfonamides is 1. The summed E-state index contributed by atoms with van der Waals surface area (Å²) in [6, 6.07) is 4.75. The summed E-state index contributed by atoms with van der Waals surface area (Å²) in [6.07, 6.45) is 0. The summed E-state index contributed by atoms with van der Waals surface area (Å²) >= 11 is 5.92. The van der Waals surface area contributed by atoms with Gasteiger partial charge in [-0.15, -0.1) is 0 Å². The van der Waals surface area contributed by atoms with Gasteiger partial charge in [-0.05, 0) is 31.5 Å². The van der Waals surface area contributed by atoms with Crippen molar-refractivity contribution in [1.82, 2.24) is 0 Å². The highest BCUT2D eigenvalue weighted by molar-refractivity contribution is 7.92. The summed E-state index contributed by atoms with van der Waals surface area (Å²) in [5, 5.41) is 9.22. The second kappa shape index (κ2) is 5.58. The van der Waals surface area contributed by atoms with E-state index in [0.29, 0.717) is 16.3 Å². The summed E-state index contributed by atoms with van der Waals surface area (Å²) in [5.41, 5.74) is 0.837. The minimum atomic E-state index is -3.65. The lowest BCUT2D eigenvalue weighted by Crippen LogP contribution is -2.37. The Morgan fingerprint density at radius 3 is 2.56 bits per heavy atom. The first-order valence-corrected chi connectivity index (χ1v) is 7.25. The molecule has 0 aliphatic rings. The SMILES string of the molecule is CCS(=O)(=O)N(CC(=O)O)c1cccc(Cl)c1C. The largest absolute Gasteiger partial charge is 0.480 e. The van der Waals surface area contributed by atoms with Gasteiger partial charge in [0.05, 0.1) is 11.4 Å². The molecule has 0 heterocycles. The van der Waals surface area contributed by atoms with E-state index in [-0.39, 0.29) is 5.75 Å². The predicted octanol–water partition coefficient (Wildman–Crippen LogP) is 1.89. The topological polar surface area (TPSA) is 74.7 Å². The van der Waals surface area contributed by atoms with E-state index in [4.69, 9.17) is 16.7 Å². The number of anilines is 1. The maximum atomic E-state index is 11.9. The van der Waals surface area contributed by atoms with Gasteiger partial charge >= 0.3 is 5.97 Å². The third-order valence-corrected chi connectivity index (χ3v) is 4.62. The molecule has 0 aromatic heterocycles. The molecule has 0 bridgehead atoms. The Kier molecular flexibility index (Phi) is 4.59. The monoisotopic (exact) mass is 291 g/mol. The number of aliphatic carboxylic acids is 1. The van der Waals surface area contributed by atoms with E-state index in [1.165, 1.54) is 13.0 Å². The first kappa shape index (κ1) is 14.8. The Morgan fingerprint density at radius 2 is 2.06 bits per heavy atom. The van der Waals surface area contributed by atoms with Crippen molar-refractivity contribution < 1.29 is 18.3 Å². The highest BCUT2D eigenvalue weighted by Gasteiger charge is 2.24. The standard InChI is InChI=1S/C11H14ClNO4S/c1-3-18(16,17)13(7-11(14)15)10-6-4-5-9(12)8(10)2/h4-6H,3,7H2,1-2H3,(H,14,15). The molecule has 0 aliphatic carbocycles. The lowest BCUT2D eigenvalue weighted by Gasteiger charge is -2.24. The van der Waals surface area contributed by atoms with Crippen molar-refractivity contribution in [3.8, 4) is 0 Å². The van der Waals surface area contributed by atoms with Gasteiger partial charge in [-0.25, -0.2) is 8.42 Å².